The van der Waals surface area contributed by atoms with Crippen LogP contribution in [-0.2, 0) is 9.59 Å². The fourth-order valence-corrected chi connectivity index (χ4v) is 6.27. The number of hydrogen-bond donors (Lipinski definition) is 1. The molecule has 0 radical (unpaired) electrons. The fourth-order valence-electron chi connectivity index (χ4n) is 6.27. The first-order chi connectivity index (χ1) is 11.5. The molecule has 0 aromatic carbocycles. The SMILES string of the molecule is C=C1CCN(C(=O)CNC(=O)CC23CC4CC(CC(C4)C2)C3)CC1. The topological polar surface area (TPSA) is 49.4 Å². The number of rotatable bonds is 4. The number of hydrogen-bond acceptors (Lipinski definition) is 2. The molecule has 132 valence electrons. The zero-order valence-corrected chi connectivity index (χ0v) is 14.7. The van der Waals surface area contributed by atoms with Crippen molar-refractivity contribution in [2.45, 2.75) is 57.8 Å². The van der Waals surface area contributed by atoms with Crippen LogP contribution in [0.3, 0.4) is 0 Å². The lowest BCUT2D eigenvalue weighted by Gasteiger charge is -2.56. The molecular weight excluding hydrogens is 300 g/mol. The summed E-state index contributed by atoms with van der Waals surface area (Å²) < 4.78 is 0. The molecule has 4 saturated carbocycles. The molecule has 5 rings (SSSR count). The molecule has 5 fully saturated rings. The third-order valence-corrected chi connectivity index (χ3v) is 6.96. The summed E-state index contributed by atoms with van der Waals surface area (Å²) in [5, 5.41) is 2.91. The Morgan fingerprint density at radius 1 is 1.04 bits per heavy atom. The molecule has 5 aliphatic rings. The molecule has 1 N–H and O–H groups in total. The molecule has 4 bridgehead atoms. The zero-order chi connectivity index (χ0) is 16.7. The summed E-state index contributed by atoms with van der Waals surface area (Å²) in [4.78, 5) is 26.6. The molecule has 4 nitrogen and oxygen atoms in total. The molecule has 24 heavy (non-hydrogen) atoms. The van der Waals surface area contributed by atoms with E-state index in [2.05, 4.69) is 11.9 Å². The van der Waals surface area contributed by atoms with Crippen LogP contribution >= 0.6 is 0 Å². The van der Waals surface area contributed by atoms with Gasteiger partial charge in [-0.1, -0.05) is 12.2 Å². The predicted octanol–water partition coefficient (Wildman–Crippen LogP) is 2.89. The predicted molar refractivity (Wildman–Crippen MR) is 93.2 cm³/mol. The van der Waals surface area contributed by atoms with Crippen LogP contribution in [-0.4, -0.2) is 36.3 Å². The van der Waals surface area contributed by atoms with Crippen LogP contribution in [0.5, 0.6) is 0 Å². The number of nitrogens with zero attached hydrogens (tertiary/aromatic N) is 1. The Kier molecular flexibility index (Phi) is 4.17. The van der Waals surface area contributed by atoms with Gasteiger partial charge in [0.1, 0.15) is 0 Å². The number of carbonyl (C=O) groups excluding carboxylic acids is 2. The molecule has 0 spiro atoms. The molecule has 4 heteroatoms. The first-order valence-corrected chi connectivity index (χ1v) is 9.72. The van der Waals surface area contributed by atoms with Crippen molar-refractivity contribution in [2.75, 3.05) is 19.6 Å². The summed E-state index contributed by atoms with van der Waals surface area (Å²) >= 11 is 0. The van der Waals surface area contributed by atoms with Gasteiger partial charge in [-0.25, -0.2) is 0 Å². The summed E-state index contributed by atoms with van der Waals surface area (Å²) in [6.45, 7) is 5.65. The smallest absolute Gasteiger partial charge is 0.241 e. The van der Waals surface area contributed by atoms with Gasteiger partial charge in [0.15, 0.2) is 0 Å². The Morgan fingerprint density at radius 2 is 1.58 bits per heavy atom. The van der Waals surface area contributed by atoms with Crippen LogP contribution in [0.1, 0.15) is 57.8 Å². The van der Waals surface area contributed by atoms with E-state index in [9.17, 15) is 9.59 Å². The highest BCUT2D eigenvalue weighted by atomic mass is 16.2. The summed E-state index contributed by atoms with van der Waals surface area (Å²) in [5.74, 6) is 2.75. The van der Waals surface area contributed by atoms with Crippen LogP contribution in [0.4, 0.5) is 0 Å². The maximum atomic E-state index is 12.5. The Morgan fingerprint density at radius 3 is 2.12 bits per heavy atom. The lowest BCUT2D eigenvalue weighted by molar-refractivity contribution is -0.135. The highest BCUT2D eigenvalue weighted by Crippen LogP contribution is 2.61. The molecule has 1 saturated heterocycles. The Balaban J connectivity index is 1.26. The van der Waals surface area contributed by atoms with Gasteiger partial charge in [0.05, 0.1) is 6.54 Å². The number of carbonyl (C=O) groups is 2. The van der Waals surface area contributed by atoms with Gasteiger partial charge in [0, 0.05) is 19.5 Å². The highest BCUT2D eigenvalue weighted by molar-refractivity contribution is 5.85. The Hall–Kier alpha value is -1.32. The van der Waals surface area contributed by atoms with E-state index in [1.807, 2.05) is 4.90 Å². The fraction of sp³-hybridized carbons (Fsp3) is 0.800. The van der Waals surface area contributed by atoms with Crippen molar-refractivity contribution in [3.8, 4) is 0 Å². The maximum Gasteiger partial charge on any atom is 0.241 e. The van der Waals surface area contributed by atoms with Crippen LogP contribution in [0.25, 0.3) is 0 Å². The molecule has 0 unspecified atom stereocenters. The van der Waals surface area contributed by atoms with E-state index in [0.29, 0.717) is 6.42 Å². The van der Waals surface area contributed by atoms with Crippen LogP contribution in [0.2, 0.25) is 0 Å². The monoisotopic (exact) mass is 330 g/mol. The molecule has 1 aliphatic heterocycles. The van der Waals surface area contributed by atoms with Crippen LogP contribution in [0, 0.1) is 23.2 Å². The van der Waals surface area contributed by atoms with E-state index >= 15 is 0 Å². The van der Waals surface area contributed by atoms with E-state index in [4.69, 9.17) is 0 Å². The maximum absolute atomic E-state index is 12.5. The van der Waals surface area contributed by atoms with E-state index in [-0.39, 0.29) is 23.8 Å². The van der Waals surface area contributed by atoms with Crippen molar-refractivity contribution in [1.29, 1.82) is 0 Å². The minimum atomic E-state index is 0.0568. The van der Waals surface area contributed by atoms with Crippen molar-refractivity contribution < 1.29 is 9.59 Å². The number of nitrogens with one attached hydrogen (secondary N) is 1. The molecule has 0 atom stereocenters. The molecule has 0 aromatic heterocycles. The molecule has 4 aliphatic carbocycles. The second-order valence-corrected chi connectivity index (χ2v) is 9.00. The van der Waals surface area contributed by atoms with E-state index in [0.717, 1.165) is 43.7 Å². The van der Waals surface area contributed by atoms with Gasteiger partial charge in [-0.2, -0.15) is 0 Å². The average molecular weight is 330 g/mol. The quantitative estimate of drug-likeness (QED) is 0.806. The highest BCUT2D eigenvalue weighted by Gasteiger charge is 2.51. The minimum Gasteiger partial charge on any atom is -0.347 e. The lowest BCUT2D eigenvalue weighted by atomic mass is 9.49. The van der Waals surface area contributed by atoms with Gasteiger partial charge >= 0.3 is 0 Å². The van der Waals surface area contributed by atoms with Gasteiger partial charge in [-0.15, -0.1) is 0 Å². The first kappa shape index (κ1) is 16.2. The van der Waals surface area contributed by atoms with Gasteiger partial charge in [-0.05, 0) is 74.5 Å². The zero-order valence-electron chi connectivity index (χ0n) is 14.7. The molecule has 1 heterocycles. The van der Waals surface area contributed by atoms with E-state index in [1.165, 1.54) is 44.1 Å². The largest absolute Gasteiger partial charge is 0.347 e. The minimum absolute atomic E-state index is 0.0568. The standard InChI is InChI=1S/C20H30N2O2/c1-14-2-4-22(5-3-14)19(24)13-21-18(23)12-20-9-15-6-16(10-20)8-17(7-15)11-20/h15-17H,1-13H2,(H,21,23). The summed E-state index contributed by atoms with van der Waals surface area (Å²) in [5.41, 5.74) is 1.48. The normalized spacial score (nSPS) is 37.6. The van der Waals surface area contributed by atoms with Gasteiger partial charge in [-0.3, -0.25) is 9.59 Å². The van der Waals surface area contributed by atoms with Crippen molar-refractivity contribution in [3.63, 3.8) is 0 Å². The number of piperidine rings is 1. The van der Waals surface area contributed by atoms with E-state index in [1.54, 1.807) is 0 Å². The number of amides is 2. The van der Waals surface area contributed by atoms with E-state index < -0.39 is 0 Å². The molecular formula is C20H30N2O2. The second kappa shape index (κ2) is 6.20. The van der Waals surface area contributed by atoms with Crippen LogP contribution < -0.4 is 5.32 Å². The van der Waals surface area contributed by atoms with Crippen molar-refractivity contribution in [1.82, 2.24) is 10.2 Å². The summed E-state index contributed by atoms with van der Waals surface area (Å²) in [6.07, 6.45) is 10.4. The van der Waals surface area contributed by atoms with Gasteiger partial charge in [0.2, 0.25) is 11.8 Å². The molecule has 0 aromatic rings. The number of likely N-dealkylation sites (tertiary alicyclic amines) is 1. The van der Waals surface area contributed by atoms with Crippen molar-refractivity contribution >= 4 is 11.8 Å². The average Bonchev–Trinajstić information content (AvgIpc) is 2.51. The lowest BCUT2D eigenvalue weighted by Crippen LogP contribution is -2.49. The van der Waals surface area contributed by atoms with Crippen molar-refractivity contribution in [3.05, 3.63) is 12.2 Å². The van der Waals surface area contributed by atoms with Crippen LogP contribution in [0.15, 0.2) is 12.2 Å². The third kappa shape index (κ3) is 3.25. The summed E-state index contributed by atoms with van der Waals surface area (Å²) in [6, 6.07) is 0. The second-order valence-electron chi connectivity index (χ2n) is 9.00. The van der Waals surface area contributed by atoms with Gasteiger partial charge in [0.25, 0.3) is 0 Å². The van der Waals surface area contributed by atoms with Gasteiger partial charge < -0.3 is 10.2 Å². The molecule has 2 amide bonds. The third-order valence-electron chi connectivity index (χ3n) is 6.96. The first-order valence-electron chi connectivity index (χ1n) is 9.72. The van der Waals surface area contributed by atoms with Crippen molar-refractivity contribution in [2.24, 2.45) is 23.2 Å². The Labute approximate surface area is 145 Å². The summed E-state index contributed by atoms with van der Waals surface area (Å²) in [7, 11) is 0. The Bertz CT molecular complexity index is 509.